The Balaban J connectivity index is 2.94. The van der Waals surface area contributed by atoms with Crippen molar-refractivity contribution in [3.63, 3.8) is 0 Å². The first kappa shape index (κ1) is 7.29. The van der Waals surface area contributed by atoms with Crippen LogP contribution in [0.25, 0.3) is 0 Å². The third kappa shape index (κ3) is 2.11. The van der Waals surface area contributed by atoms with Crippen molar-refractivity contribution in [1.29, 1.82) is 0 Å². The fourth-order valence-corrected chi connectivity index (χ4v) is 1.28. The monoisotopic (exact) mass is 247 g/mol. The zero-order valence-electron chi connectivity index (χ0n) is 4.64. The van der Waals surface area contributed by atoms with Gasteiger partial charge in [-0.2, -0.15) is 0 Å². The van der Waals surface area contributed by atoms with Gasteiger partial charge in [0.25, 0.3) is 0 Å². The first-order valence-corrected chi connectivity index (χ1v) is 4.23. The summed E-state index contributed by atoms with van der Waals surface area (Å²) < 4.78 is 1.11. The SMILES string of the molecule is Br[CH]c1cccc(Br)c1. The van der Waals surface area contributed by atoms with Crippen molar-refractivity contribution in [2.75, 3.05) is 0 Å². The third-order valence-electron chi connectivity index (χ3n) is 0.975. The first-order chi connectivity index (χ1) is 4.33. The van der Waals surface area contributed by atoms with Crippen molar-refractivity contribution < 1.29 is 0 Å². The molecule has 0 heterocycles. The number of hydrogen-bond donors (Lipinski definition) is 0. The summed E-state index contributed by atoms with van der Waals surface area (Å²) in [6.07, 6.45) is 0. The van der Waals surface area contributed by atoms with Crippen molar-refractivity contribution in [1.82, 2.24) is 0 Å². The molecule has 0 saturated carbocycles. The van der Waals surface area contributed by atoms with Gasteiger partial charge in [-0.05, 0) is 17.7 Å². The molecule has 0 fully saturated rings. The highest BCUT2D eigenvalue weighted by atomic mass is 79.9. The van der Waals surface area contributed by atoms with Crippen LogP contribution in [-0.4, -0.2) is 0 Å². The molecule has 2 heteroatoms. The van der Waals surface area contributed by atoms with Crippen LogP contribution in [-0.2, 0) is 0 Å². The van der Waals surface area contributed by atoms with Gasteiger partial charge in [0.2, 0.25) is 0 Å². The molecule has 9 heavy (non-hydrogen) atoms. The van der Waals surface area contributed by atoms with Gasteiger partial charge in [0.05, 0.1) is 5.33 Å². The molecular weight excluding hydrogens is 244 g/mol. The number of benzene rings is 1. The normalized spacial score (nSPS) is 9.56. The van der Waals surface area contributed by atoms with Gasteiger partial charge >= 0.3 is 0 Å². The van der Waals surface area contributed by atoms with Crippen molar-refractivity contribution in [2.45, 2.75) is 0 Å². The maximum atomic E-state index is 3.36. The van der Waals surface area contributed by atoms with Gasteiger partial charge in [0.1, 0.15) is 0 Å². The summed E-state index contributed by atoms with van der Waals surface area (Å²) in [7, 11) is 0. The average Bonchev–Trinajstić information content (AvgIpc) is 1.88. The molecule has 0 N–H and O–H groups in total. The van der Waals surface area contributed by atoms with Gasteiger partial charge in [-0.15, -0.1) is 0 Å². The van der Waals surface area contributed by atoms with E-state index < -0.39 is 0 Å². The van der Waals surface area contributed by atoms with Gasteiger partial charge < -0.3 is 0 Å². The molecule has 1 rings (SSSR count). The summed E-state index contributed by atoms with van der Waals surface area (Å²) >= 11 is 6.61. The van der Waals surface area contributed by atoms with E-state index in [1.165, 1.54) is 5.56 Å². The molecule has 0 spiro atoms. The van der Waals surface area contributed by atoms with Gasteiger partial charge in [-0.25, -0.2) is 0 Å². The number of halogens is 2. The molecular formula is C7H5Br2. The predicted octanol–water partition coefficient (Wildman–Crippen LogP) is 3.35. The second-order valence-electron chi connectivity index (χ2n) is 1.66. The molecule has 0 atom stereocenters. The smallest absolute Gasteiger partial charge is 0.0561 e. The van der Waals surface area contributed by atoms with Crippen LogP contribution < -0.4 is 0 Å². The highest BCUT2D eigenvalue weighted by molar-refractivity contribution is 9.11. The van der Waals surface area contributed by atoms with E-state index in [0.717, 1.165) is 4.47 Å². The lowest BCUT2D eigenvalue weighted by Gasteiger charge is -1.92. The van der Waals surface area contributed by atoms with Crippen LogP contribution in [0.15, 0.2) is 28.7 Å². The quantitative estimate of drug-likeness (QED) is 0.715. The van der Waals surface area contributed by atoms with Crippen molar-refractivity contribution in [2.24, 2.45) is 0 Å². The summed E-state index contributed by atoms with van der Waals surface area (Å²) in [6.45, 7) is 0. The zero-order chi connectivity index (χ0) is 6.69. The first-order valence-electron chi connectivity index (χ1n) is 2.52. The Labute approximate surface area is 71.5 Å². The minimum Gasteiger partial charge on any atom is -0.0823 e. The molecule has 0 aromatic heterocycles. The minimum atomic E-state index is 1.11. The summed E-state index contributed by atoms with van der Waals surface area (Å²) in [5, 5.41) is 1.89. The van der Waals surface area contributed by atoms with Gasteiger partial charge in [-0.3, -0.25) is 0 Å². The standard InChI is InChI=1S/C7H5Br2/c8-5-6-2-1-3-7(9)4-6/h1-5H. The van der Waals surface area contributed by atoms with Crippen molar-refractivity contribution >= 4 is 31.9 Å². The summed E-state index contributed by atoms with van der Waals surface area (Å²) in [5.74, 6) is 0. The zero-order valence-corrected chi connectivity index (χ0v) is 7.81. The van der Waals surface area contributed by atoms with E-state index in [0.29, 0.717) is 0 Å². The largest absolute Gasteiger partial charge is 0.0823 e. The van der Waals surface area contributed by atoms with Crippen molar-refractivity contribution in [3.8, 4) is 0 Å². The van der Waals surface area contributed by atoms with E-state index in [1.54, 1.807) is 0 Å². The fraction of sp³-hybridized carbons (Fsp3) is 0. The minimum absolute atomic E-state index is 1.11. The lowest BCUT2D eigenvalue weighted by atomic mass is 10.2. The van der Waals surface area contributed by atoms with Crippen LogP contribution in [0.2, 0.25) is 0 Å². The fourth-order valence-electron chi connectivity index (χ4n) is 0.574. The maximum Gasteiger partial charge on any atom is 0.0561 e. The van der Waals surface area contributed by atoms with Gasteiger partial charge in [0.15, 0.2) is 0 Å². The topological polar surface area (TPSA) is 0 Å². The Morgan fingerprint density at radius 3 is 2.56 bits per heavy atom. The summed E-state index contributed by atoms with van der Waals surface area (Å²) in [6, 6.07) is 8.06. The molecule has 0 nitrogen and oxygen atoms in total. The third-order valence-corrected chi connectivity index (χ3v) is 2.00. The highest BCUT2D eigenvalue weighted by Crippen LogP contribution is 2.14. The second kappa shape index (κ2) is 3.37. The van der Waals surface area contributed by atoms with Crippen LogP contribution in [0, 0.1) is 5.33 Å². The van der Waals surface area contributed by atoms with Crippen LogP contribution in [0.1, 0.15) is 5.56 Å². The van der Waals surface area contributed by atoms with Crippen LogP contribution >= 0.6 is 31.9 Å². The Kier molecular flexibility index (Phi) is 2.73. The number of rotatable bonds is 1. The average molecular weight is 249 g/mol. The van der Waals surface area contributed by atoms with Gasteiger partial charge in [-0.1, -0.05) is 44.0 Å². The Bertz CT molecular complexity index is 196. The lowest BCUT2D eigenvalue weighted by Crippen LogP contribution is -1.71. The lowest BCUT2D eigenvalue weighted by molar-refractivity contribution is 1.56. The highest BCUT2D eigenvalue weighted by Gasteiger charge is 1.88. The molecule has 1 aromatic carbocycles. The molecule has 0 amide bonds. The molecule has 0 aliphatic heterocycles. The summed E-state index contributed by atoms with van der Waals surface area (Å²) in [5.41, 5.74) is 1.17. The van der Waals surface area contributed by atoms with Crippen molar-refractivity contribution in [3.05, 3.63) is 39.6 Å². The van der Waals surface area contributed by atoms with E-state index in [2.05, 4.69) is 31.9 Å². The second-order valence-corrected chi connectivity index (χ2v) is 3.04. The number of hydrogen-bond acceptors (Lipinski definition) is 0. The summed E-state index contributed by atoms with van der Waals surface area (Å²) in [4.78, 5) is 0. The molecule has 0 aliphatic rings. The Hall–Kier alpha value is 0.180. The molecule has 47 valence electrons. The molecule has 0 aliphatic carbocycles. The Morgan fingerprint density at radius 2 is 2.11 bits per heavy atom. The van der Waals surface area contributed by atoms with E-state index in [1.807, 2.05) is 29.6 Å². The molecule has 1 radical (unpaired) electrons. The van der Waals surface area contributed by atoms with E-state index in [-0.39, 0.29) is 0 Å². The molecule has 1 aromatic rings. The van der Waals surface area contributed by atoms with Crippen LogP contribution in [0.3, 0.4) is 0 Å². The van der Waals surface area contributed by atoms with E-state index in [4.69, 9.17) is 0 Å². The predicted molar refractivity (Wildman–Crippen MR) is 46.5 cm³/mol. The maximum absolute atomic E-state index is 3.36. The van der Waals surface area contributed by atoms with E-state index in [9.17, 15) is 0 Å². The van der Waals surface area contributed by atoms with E-state index >= 15 is 0 Å². The van der Waals surface area contributed by atoms with Crippen LogP contribution in [0.4, 0.5) is 0 Å². The molecule has 0 saturated heterocycles. The van der Waals surface area contributed by atoms with Crippen LogP contribution in [0.5, 0.6) is 0 Å². The molecule has 0 unspecified atom stereocenters. The van der Waals surface area contributed by atoms with Gasteiger partial charge in [0, 0.05) is 4.47 Å². The molecule has 0 bridgehead atoms. The Morgan fingerprint density at radius 1 is 1.33 bits per heavy atom.